The van der Waals surface area contributed by atoms with Gasteiger partial charge in [-0.1, -0.05) is 15.9 Å². The minimum absolute atomic E-state index is 0.162. The van der Waals surface area contributed by atoms with E-state index >= 15 is 0 Å². The first-order chi connectivity index (χ1) is 13.5. The Kier molecular flexibility index (Phi) is 5.01. The van der Waals surface area contributed by atoms with Gasteiger partial charge in [0.25, 0.3) is 0 Å². The summed E-state index contributed by atoms with van der Waals surface area (Å²) in [6.45, 7) is -0.162. The van der Waals surface area contributed by atoms with Gasteiger partial charge in [0.05, 0.1) is 18.3 Å². The molecule has 0 spiro atoms. The third-order valence-corrected chi connectivity index (χ3v) is 5.32. The predicted octanol–water partition coefficient (Wildman–Crippen LogP) is 4.13. The molecule has 1 amide bonds. The summed E-state index contributed by atoms with van der Waals surface area (Å²) in [5.41, 5.74) is 2.64. The molecule has 9 heteroatoms. The van der Waals surface area contributed by atoms with Crippen molar-refractivity contribution in [2.45, 2.75) is 6.54 Å². The standard InChI is InChI=1S/C19H14BrN3O4S/c1-26-13-5-2-11(3-6-13)14-10-28-18(21-14)22-17(24)9-23-15-7-4-12(20)8-16(15)27-19(23)25/h2-8,10H,9H2,1H3,(H,21,22,24). The smallest absolute Gasteiger partial charge is 0.420 e. The molecular weight excluding hydrogens is 446 g/mol. The highest BCUT2D eigenvalue weighted by Gasteiger charge is 2.14. The van der Waals surface area contributed by atoms with Gasteiger partial charge in [0.1, 0.15) is 12.3 Å². The molecule has 2 heterocycles. The Balaban J connectivity index is 1.49. The van der Waals surface area contributed by atoms with Crippen molar-refractivity contribution in [1.29, 1.82) is 0 Å². The van der Waals surface area contributed by atoms with Gasteiger partial charge < -0.3 is 14.5 Å². The second kappa shape index (κ2) is 7.61. The first-order valence-electron chi connectivity index (χ1n) is 8.22. The van der Waals surface area contributed by atoms with Crippen LogP contribution < -0.4 is 15.8 Å². The van der Waals surface area contributed by atoms with Crippen LogP contribution in [0.25, 0.3) is 22.4 Å². The van der Waals surface area contributed by atoms with E-state index in [0.29, 0.717) is 16.2 Å². The van der Waals surface area contributed by atoms with Gasteiger partial charge in [0, 0.05) is 15.4 Å². The van der Waals surface area contributed by atoms with Crippen molar-refractivity contribution < 1.29 is 13.9 Å². The number of carbonyl (C=O) groups is 1. The van der Waals surface area contributed by atoms with Crippen molar-refractivity contribution in [3.8, 4) is 17.0 Å². The van der Waals surface area contributed by atoms with Crippen molar-refractivity contribution in [2.75, 3.05) is 12.4 Å². The number of rotatable bonds is 5. The van der Waals surface area contributed by atoms with Crippen LogP contribution >= 0.6 is 27.3 Å². The third kappa shape index (κ3) is 3.71. The van der Waals surface area contributed by atoms with Crippen LogP contribution in [0.5, 0.6) is 5.75 Å². The minimum atomic E-state index is -0.582. The predicted molar refractivity (Wildman–Crippen MR) is 111 cm³/mol. The average Bonchev–Trinajstić information content (AvgIpc) is 3.26. The number of amides is 1. The number of carbonyl (C=O) groups excluding carboxylic acids is 1. The van der Waals surface area contributed by atoms with Crippen LogP contribution in [-0.2, 0) is 11.3 Å². The van der Waals surface area contributed by atoms with Gasteiger partial charge in [-0.3, -0.25) is 9.36 Å². The number of hydrogen-bond acceptors (Lipinski definition) is 6. The number of halogens is 1. The lowest BCUT2D eigenvalue weighted by atomic mass is 10.2. The Morgan fingerprint density at radius 2 is 2.07 bits per heavy atom. The van der Waals surface area contributed by atoms with Crippen molar-refractivity contribution in [2.24, 2.45) is 0 Å². The lowest BCUT2D eigenvalue weighted by molar-refractivity contribution is -0.116. The molecule has 4 rings (SSSR count). The van der Waals surface area contributed by atoms with E-state index in [2.05, 4.69) is 26.2 Å². The maximum absolute atomic E-state index is 12.4. The number of thiazole rings is 1. The highest BCUT2D eigenvalue weighted by atomic mass is 79.9. The van der Waals surface area contributed by atoms with Crippen molar-refractivity contribution in [1.82, 2.24) is 9.55 Å². The fourth-order valence-corrected chi connectivity index (χ4v) is 3.79. The number of nitrogens with one attached hydrogen (secondary N) is 1. The zero-order valence-electron chi connectivity index (χ0n) is 14.6. The molecule has 28 heavy (non-hydrogen) atoms. The topological polar surface area (TPSA) is 86.4 Å². The number of nitrogens with zero attached hydrogens (tertiary/aromatic N) is 2. The van der Waals surface area contributed by atoms with Crippen molar-refractivity contribution in [3.63, 3.8) is 0 Å². The molecule has 142 valence electrons. The maximum Gasteiger partial charge on any atom is 0.420 e. The van der Waals surface area contributed by atoms with Crippen LogP contribution in [0.15, 0.2) is 61.5 Å². The molecular formula is C19H14BrN3O4S. The van der Waals surface area contributed by atoms with E-state index in [9.17, 15) is 9.59 Å². The third-order valence-electron chi connectivity index (χ3n) is 4.07. The molecule has 0 saturated heterocycles. The van der Waals surface area contributed by atoms with E-state index in [1.165, 1.54) is 15.9 Å². The van der Waals surface area contributed by atoms with E-state index in [4.69, 9.17) is 9.15 Å². The van der Waals surface area contributed by atoms with E-state index in [-0.39, 0.29) is 12.5 Å². The monoisotopic (exact) mass is 459 g/mol. The van der Waals surface area contributed by atoms with Crippen LogP contribution in [0.4, 0.5) is 5.13 Å². The van der Waals surface area contributed by atoms with Crippen molar-refractivity contribution >= 4 is 49.4 Å². The van der Waals surface area contributed by atoms with Gasteiger partial charge >= 0.3 is 5.76 Å². The Bertz CT molecular complexity index is 1210. The molecule has 0 fully saturated rings. The highest BCUT2D eigenvalue weighted by molar-refractivity contribution is 9.10. The summed E-state index contributed by atoms with van der Waals surface area (Å²) in [4.78, 5) is 28.9. The average molecular weight is 460 g/mol. The normalized spacial score (nSPS) is 10.9. The molecule has 7 nitrogen and oxygen atoms in total. The Morgan fingerprint density at radius 1 is 1.29 bits per heavy atom. The summed E-state index contributed by atoms with van der Waals surface area (Å²) < 4.78 is 12.4. The Labute approximate surface area is 171 Å². The van der Waals surface area contributed by atoms with Crippen molar-refractivity contribution in [3.05, 3.63) is 62.9 Å². The summed E-state index contributed by atoms with van der Waals surface area (Å²) >= 11 is 4.64. The molecule has 0 saturated carbocycles. The molecule has 4 aromatic rings. The second-order valence-corrected chi connectivity index (χ2v) is 7.65. The summed E-state index contributed by atoms with van der Waals surface area (Å²) in [5, 5.41) is 5.04. The number of benzene rings is 2. The first-order valence-corrected chi connectivity index (χ1v) is 9.89. The number of anilines is 1. The van der Waals surface area contributed by atoms with Crippen LogP contribution in [0.2, 0.25) is 0 Å². The number of fused-ring (bicyclic) bond motifs is 1. The summed E-state index contributed by atoms with van der Waals surface area (Å²) in [6.07, 6.45) is 0. The van der Waals surface area contributed by atoms with Gasteiger partial charge in [-0.25, -0.2) is 9.78 Å². The summed E-state index contributed by atoms with van der Waals surface area (Å²) in [7, 11) is 1.61. The SMILES string of the molecule is COc1ccc(-c2csc(NC(=O)Cn3c(=O)oc4cc(Br)ccc43)n2)cc1. The van der Waals surface area contributed by atoms with Crippen LogP contribution in [0.1, 0.15) is 0 Å². The lowest BCUT2D eigenvalue weighted by Gasteiger charge is -2.03. The number of methoxy groups -OCH3 is 1. The van der Waals surface area contributed by atoms with Gasteiger partial charge in [-0.15, -0.1) is 11.3 Å². The molecule has 1 N–H and O–H groups in total. The summed E-state index contributed by atoms with van der Waals surface area (Å²) in [5.74, 6) is -0.179. The van der Waals surface area contributed by atoms with E-state index in [1.54, 1.807) is 25.3 Å². The molecule has 2 aromatic heterocycles. The molecule has 0 aliphatic carbocycles. The second-order valence-electron chi connectivity index (χ2n) is 5.88. The number of ether oxygens (including phenoxy) is 1. The maximum atomic E-state index is 12.4. The molecule has 0 bridgehead atoms. The van der Waals surface area contributed by atoms with Gasteiger partial charge in [0.2, 0.25) is 5.91 Å². The van der Waals surface area contributed by atoms with Gasteiger partial charge in [-0.05, 0) is 42.5 Å². The van der Waals surface area contributed by atoms with Crippen LogP contribution in [0, 0.1) is 0 Å². The molecule has 0 unspecified atom stereocenters. The number of hydrogen-bond donors (Lipinski definition) is 1. The quantitative estimate of drug-likeness (QED) is 0.484. The van der Waals surface area contributed by atoms with Gasteiger partial charge in [-0.2, -0.15) is 0 Å². The number of oxazole rings is 1. The largest absolute Gasteiger partial charge is 0.497 e. The zero-order chi connectivity index (χ0) is 19.7. The molecule has 0 aliphatic heterocycles. The number of aromatic nitrogens is 2. The molecule has 0 atom stereocenters. The van der Waals surface area contributed by atoms with Gasteiger partial charge in [0.15, 0.2) is 10.7 Å². The minimum Gasteiger partial charge on any atom is -0.497 e. The molecule has 0 radical (unpaired) electrons. The fourth-order valence-electron chi connectivity index (χ4n) is 2.72. The lowest BCUT2D eigenvalue weighted by Crippen LogP contribution is -2.24. The first kappa shape index (κ1) is 18.5. The highest BCUT2D eigenvalue weighted by Crippen LogP contribution is 2.26. The van der Waals surface area contributed by atoms with E-state index in [1.807, 2.05) is 29.6 Å². The fraction of sp³-hybridized carbons (Fsp3) is 0.105. The Morgan fingerprint density at radius 3 is 2.82 bits per heavy atom. The van der Waals surface area contributed by atoms with Crippen LogP contribution in [-0.4, -0.2) is 22.6 Å². The summed E-state index contributed by atoms with van der Waals surface area (Å²) in [6, 6.07) is 12.7. The van der Waals surface area contributed by atoms with E-state index < -0.39 is 5.76 Å². The zero-order valence-corrected chi connectivity index (χ0v) is 17.0. The Hall–Kier alpha value is -2.91. The van der Waals surface area contributed by atoms with E-state index in [0.717, 1.165) is 21.5 Å². The molecule has 2 aromatic carbocycles. The van der Waals surface area contributed by atoms with Crippen LogP contribution in [0.3, 0.4) is 0 Å². The molecule has 0 aliphatic rings.